The van der Waals surface area contributed by atoms with E-state index in [1.54, 1.807) is 0 Å². The Balaban J connectivity index is 1.82. The number of rotatable bonds is 5. The van der Waals surface area contributed by atoms with Crippen LogP contribution < -0.4 is 21.5 Å². The molecule has 3 rings (SSSR count). The van der Waals surface area contributed by atoms with Gasteiger partial charge in [-0.15, -0.1) is 0 Å². The van der Waals surface area contributed by atoms with Crippen LogP contribution in [0, 0.1) is 0 Å². The summed E-state index contributed by atoms with van der Waals surface area (Å²) < 4.78 is 0. The fourth-order valence-electron chi connectivity index (χ4n) is 2.36. The maximum Gasteiger partial charge on any atom is 0.253 e. The minimum atomic E-state index is -0.480. The Hall–Kier alpha value is -2.88. The zero-order valence-electron chi connectivity index (χ0n) is 12.2. The van der Waals surface area contributed by atoms with Crippen LogP contribution in [0.15, 0.2) is 70.3 Å². The topological polar surface area (TPSA) is 58.2 Å². The molecule has 22 heavy (non-hydrogen) atoms. The van der Waals surface area contributed by atoms with Gasteiger partial charge in [-0.05, 0) is 24.6 Å². The van der Waals surface area contributed by atoms with Gasteiger partial charge in [0.05, 0.1) is 0 Å². The highest BCUT2D eigenvalue weighted by Crippen LogP contribution is 2.24. The van der Waals surface area contributed by atoms with E-state index in [0.717, 1.165) is 11.3 Å². The molecule has 0 saturated carbocycles. The number of anilines is 3. The second kappa shape index (κ2) is 5.85. The molecule has 0 aliphatic heterocycles. The van der Waals surface area contributed by atoms with Gasteiger partial charge in [0.15, 0.2) is 0 Å². The fourth-order valence-corrected chi connectivity index (χ4v) is 2.36. The van der Waals surface area contributed by atoms with Crippen molar-refractivity contribution in [2.45, 2.75) is 13.0 Å². The van der Waals surface area contributed by atoms with Crippen LogP contribution in [-0.4, -0.2) is 0 Å². The fraction of sp³-hybridized carbons (Fsp3) is 0.111. The average Bonchev–Trinajstić information content (AvgIpc) is 2.59. The second-order valence-corrected chi connectivity index (χ2v) is 5.18. The summed E-state index contributed by atoms with van der Waals surface area (Å²) in [4.78, 5) is 23.6. The standard InChI is InChI=1S/C18H16N2O2/c1-12(13-8-4-2-5-9-13)19-15-16(18(22)17(15)21)20-14-10-6-3-7-11-14/h2-12,19-20H,1H3/t12-/m1/s1. The van der Waals surface area contributed by atoms with Gasteiger partial charge < -0.3 is 10.6 Å². The molecule has 4 heteroatoms. The largest absolute Gasteiger partial charge is 0.373 e. The maximum atomic E-state index is 11.8. The van der Waals surface area contributed by atoms with Crippen LogP contribution >= 0.6 is 0 Å². The zero-order chi connectivity index (χ0) is 15.5. The molecule has 0 aliphatic carbocycles. The molecule has 0 spiro atoms. The van der Waals surface area contributed by atoms with Gasteiger partial charge in [0.2, 0.25) is 0 Å². The lowest BCUT2D eigenvalue weighted by Crippen LogP contribution is -2.37. The van der Waals surface area contributed by atoms with Crippen molar-refractivity contribution < 1.29 is 0 Å². The molecule has 0 amide bonds. The van der Waals surface area contributed by atoms with Gasteiger partial charge in [-0.3, -0.25) is 9.59 Å². The van der Waals surface area contributed by atoms with Crippen LogP contribution in [-0.2, 0) is 0 Å². The Morgan fingerprint density at radius 2 is 1.32 bits per heavy atom. The van der Waals surface area contributed by atoms with Crippen molar-refractivity contribution in [3.63, 3.8) is 0 Å². The molecule has 0 saturated heterocycles. The molecule has 0 radical (unpaired) electrons. The predicted octanol–water partition coefficient (Wildman–Crippen LogP) is 3.20. The molecular formula is C18H16N2O2. The minimum Gasteiger partial charge on any atom is -0.373 e. The predicted molar refractivity (Wildman–Crippen MR) is 89.6 cm³/mol. The van der Waals surface area contributed by atoms with E-state index in [-0.39, 0.29) is 6.04 Å². The van der Waals surface area contributed by atoms with Gasteiger partial charge in [-0.2, -0.15) is 0 Å². The Morgan fingerprint density at radius 3 is 1.95 bits per heavy atom. The SMILES string of the molecule is C[C@@H](Nc1c(Nc2ccccc2)c(=O)c1=O)c1ccccc1. The molecule has 0 aliphatic rings. The third-order valence-electron chi connectivity index (χ3n) is 3.61. The molecular weight excluding hydrogens is 276 g/mol. The summed E-state index contributed by atoms with van der Waals surface area (Å²) in [5.74, 6) is 0. The Bertz CT molecular complexity index is 835. The molecule has 3 aromatic carbocycles. The number of benzene rings is 2. The zero-order valence-corrected chi connectivity index (χ0v) is 12.2. The number of nitrogens with one attached hydrogen (secondary N) is 2. The van der Waals surface area contributed by atoms with E-state index in [9.17, 15) is 9.59 Å². The van der Waals surface area contributed by atoms with Crippen molar-refractivity contribution >= 4 is 17.1 Å². The van der Waals surface area contributed by atoms with E-state index in [0.29, 0.717) is 11.4 Å². The second-order valence-electron chi connectivity index (χ2n) is 5.18. The van der Waals surface area contributed by atoms with E-state index < -0.39 is 10.9 Å². The molecule has 110 valence electrons. The third kappa shape index (κ3) is 2.63. The summed E-state index contributed by atoms with van der Waals surface area (Å²) in [7, 11) is 0. The maximum absolute atomic E-state index is 11.8. The first-order valence-corrected chi connectivity index (χ1v) is 7.13. The highest BCUT2D eigenvalue weighted by molar-refractivity contribution is 5.78. The molecule has 0 fully saturated rings. The molecule has 1 atom stereocenters. The lowest BCUT2D eigenvalue weighted by atomic mass is 10.1. The van der Waals surface area contributed by atoms with Crippen molar-refractivity contribution in [2.75, 3.05) is 10.6 Å². The van der Waals surface area contributed by atoms with E-state index in [1.807, 2.05) is 67.6 Å². The summed E-state index contributed by atoms with van der Waals surface area (Å²) in [5.41, 5.74) is 1.57. The molecule has 0 aromatic heterocycles. The lowest BCUT2D eigenvalue weighted by Gasteiger charge is -2.19. The molecule has 0 heterocycles. The van der Waals surface area contributed by atoms with Gasteiger partial charge in [-0.25, -0.2) is 0 Å². The lowest BCUT2D eigenvalue weighted by molar-refractivity contribution is 0.880. The summed E-state index contributed by atoms with van der Waals surface area (Å²) in [5, 5.41) is 6.14. The molecule has 4 nitrogen and oxygen atoms in total. The van der Waals surface area contributed by atoms with Gasteiger partial charge in [0, 0.05) is 11.7 Å². The normalized spacial score (nSPS) is 12.0. The number of hydrogen-bond acceptors (Lipinski definition) is 4. The Morgan fingerprint density at radius 1 is 0.773 bits per heavy atom. The Labute approximate surface area is 128 Å². The van der Waals surface area contributed by atoms with Crippen LogP contribution in [0.5, 0.6) is 0 Å². The van der Waals surface area contributed by atoms with Crippen LogP contribution in [0.2, 0.25) is 0 Å². The first kappa shape index (κ1) is 14.1. The van der Waals surface area contributed by atoms with Crippen LogP contribution in [0.1, 0.15) is 18.5 Å². The number of para-hydroxylation sites is 1. The Kier molecular flexibility index (Phi) is 3.74. The van der Waals surface area contributed by atoms with E-state index in [2.05, 4.69) is 10.6 Å². The van der Waals surface area contributed by atoms with Crippen molar-refractivity contribution in [3.8, 4) is 0 Å². The summed E-state index contributed by atoms with van der Waals surface area (Å²) in [6.45, 7) is 1.96. The van der Waals surface area contributed by atoms with Gasteiger partial charge >= 0.3 is 0 Å². The third-order valence-corrected chi connectivity index (χ3v) is 3.61. The summed E-state index contributed by atoms with van der Waals surface area (Å²) in [6, 6.07) is 19.1. The number of hydrogen-bond donors (Lipinski definition) is 2. The highest BCUT2D eigenvalue weighted by atomic mass is 16.2. The van der Waals surface area contributed by atoms with Crippen molar-refractivity contribution in [3.05, 3.63) is 86.7 Å². The van der Waals surface area contributed by atoms with Gasteiger partial charge in [0.1, 0.15) is 11.4 Å². The highest BCUT2D eigenvalue weighted by Gasteiger charge is 2.22. The monoisotopic (exact) mass is 292 g/mol. The van der Waals surface area contributed by atoms with E-state index >= 15 is 0 Å². The van der Waals surface area contributed by atoms with Crippen molar-refractivity contribution in [1.29, 1.82) is 0 Å². The molecule has 3 aromatic rings. The first-order chi connectivity index (χ1) is 10.7. The first-order valence-electron chi connectivity index (χ1n) is 7.13. The van der Waals surface area contributed by atoms with E-state index in [4.69, 9.17) is 0 Å². The summed E-state index contributed by atoms with van der Waals surface area (Å²) in [6.07, 6.45) is 0. The summed E-state index contributed by atoms with van der Waals surface area (Å²) >= 11 is 0. The quantitative estimate of drug-likeness (QED) is 0.709. The molecule has 0 bridgehead atoms. The van der Waals surface area contributed by atoms with E-state index in [1.165, 1.54) is 0 Å². The molecule has 0 unspecified atom stereocenters. The van der Waals surface area contributed by atoms with Crippen molar-refractivity contribution in [2.24, 2.45) is 0 Å². The van der Waals surface area contributed by atoms with Crippen LogP contribution in [0.25, 0.3) is 0 Å². The smallest absolute Gasteiger partial charge is 0.253 e. The van der Waals surface area contributed by atoms with Gasteiger partial charge in [0.25, 0.3) is 10.9 Å². The minimum absolute atomic E-state index is 0.0548. The van der Waals surface area contributed by atoms with Crippen molar-refractivity contribution in [1.82, 2.24) is 0 Å². The molecule has 2 N–H and O–H groups in total. The van der Waals surface area contributed by atoms with Gasteiger partial charge in [-0.1, -0.05) is 48.5 Å². The van der Waals surface area contributed by atoms with Crippen LogP contribution in [0.3, 0.4) is 0 Å². The average molecular weight is 292 g/mol. The van der Waals surface area contributed by atoms with Crippen LogP contribution in [0.4, 0.5) is 17.1 Å².